The number of benzene rings is 1. The van der Waals surface area contributed by atoms with E-state index in [2.05, 4.69) is 0 Å². The van der Waals surface area contributed by atoms with Crippen molar-refractivity contribution < 1.29 is 35.3 Å². The normalized spacial score (nSPS) is 8.38. The molecule has 0 atom stereocenters. The SMILES string of the molecule is COc1ccc(OC)c2[cH-]ccc12.Cl.Cl.[Hf]. The second-order valence-corrected chi connectivity index (χ2v) is 2.82. The molecule has 88 valence electrons. The summed E-state index contributed by atoms with van der Waals surface area (Å²) in [5, 5.41) is 2.20. The smallest absolute Gasteiger partial charge is 0.0763 e. The average molecular weight is 427 g/mol. The molecule has 0 aliphatic heterocycles. The Morgan fingerprint density at radius 2 is 1.50 bits per heavy atom. The van der Waals surface area contributed by atoms with Gasteiger partial charge in [0, 0.05) is 31.6 Å². The van der Waals surface area contributed by atoms with Crippen LogP contribution < -0.4 is 9.47 Å². The van der Waals surface area contributed by atoms with Crippen molar-refractivity contribution in [2.45, 2.75) is 0 Å². The van der Waals surface area contributed by atoms with Crippen LogP contribution in [-0.4, -0.2) is 14.2 Å². The van der Waals surface area contributed by atoms with Crippen molar-refractivity contribution >= 4 is 35.6 Å². The molecule has 0 fully saturated rings. The van der Waals surface area contributed by atoms with Gasteiger partial charge in [-0.05, 0) is 6.07 Å². The molecule has 0 aliphatic rings. The third kappa shape index (κ3) is 3.19. The summed E-state index contributed by atoms with van der Waals surface area (Å²) in [5.74, 6) is 1.78. The molecule has 0 aromatic heterocycles. The van der Waals surface area contributed by atoms with Crippen LogP contribution in [0.25, 0.3) is 10.8 Å². The largest absolute Gasteiger partial charge is 0.539 e. The van der Waals surface area contributed by atoms with E-state index >= 15 is 0 Å². The van der Waals surface area contributed by atoms with Crippen molar-refractivity contribution in [1.29, 1.82) is 0 Å². The number of rotatable bonds is 2. The zero-order chi connectivity index (χ0) is 9.26. The number of hydrogen-bond acceptors (Lipinski definition) is 2. The summed E-state index contributed by atoms with van der Waals surface area (Å²) in [4.78, 5) is 0. The molecule has 0 saturated heterocycles. The summed E-state index contributed by atoms with van der Waals surface area (Å²) in [6.45, 7) is 0. The van der Waals surface area contributed by atoms with Gasteiger partial charge in [-0.3, -0.25) is 0 Å². The molecular formula is C11H13Cl2HfO2-. The summed E-state index contributed by atoms with van der Waals surface area (Å²) < 4.78 is 10.5. The zero-order valence-corrected chi connectivity index (χ0v) is 14.2. The molecule has 2 aromatic carbocycles. The van der Waals surface area contributed by atoms with Gasteiger partial charge in [0.1, 0.15) is 0 Å². The third-order valence-electron chi connectivity index (χ3n) is 2.17. The van der Waals surface area contributed by atoms with Crippen LogP contribution in [0.3, 0.4) is 0 Å². The van der Waals surface area contributed by atoms with Crippen LogP contribution >= 0.6 is 24.8 Å². The Hall–Kier alpha value is -0.120. The molecule has 0 bridgehead atoms. The molecule has 0 radical (unpaired) electrons. The number of fused-ring (bicyclic) bond motifs is 1. The summed E-state index contributed by atoms with van der Waals surface area (Å²) in [5.41, 5.74) is 0. The van der Waals surface area contributed by atoms with E-state index in [9.17, 15) is 0 Å². The summed E-state index contributed by atoms with van der Waals surface area (Å²) in [6.07, 6.45) is 0. The topological polar surface area (TPSA) is 18.5 Å². The van der Waals surface area contributed by atoms with Crippen molar-refractivity contribution in [3.8, 4) is 11.5 Å². The van der Waals surface area contributed by atoms with Gasteiger partial charge in [-0.1, -0.05) is 11.5 Å². The van der Waals surface area contributed by atoms with Gasteiger partial charge in [-0.2, -0.15) is 12.1 Å². The van der Waals surface area contributed by atoms with Crippen molar-refractivity contribution in [3.63, 3.8) is 0 Å². The Bertz CT molecular complexity index is 391. The van der Waals surface area contributed by atoms with Gasteiger partial charge in [0.05, 0.1) is 20.0 Å². The Kier molecular flexibility index (Phi) is 9.17. The monoisotopic (exact) mass is 427 g/mol. The Labute approximate surface area is 126 Å². The standard InChI is InChI=1S/C11H11O2.2ClH.Hf/c1-12-10-6-7-11(13-2)9-5-3-4-8(9)10;;;/h3-7H,1-2H3;2*1H;/q-1;;;. The van der Waals surface area contributed by atoms with Gasteiger partial charge >= 0.3 is 0 Å². The molecular weight excluding hydrogens is 414 g/mol. The molecule has 2 nitrogen and oxygen atoms in total. The maximum Gasteiger partial charge on any atom is 0.0763 e. The van der Waals surface area contributed by atoms with E-state index < -0.39 is 0 Å². The second kappa shape index (κ2) is 8.04. The van der Waals surface area contributed by atoms with Gasteiger partial charge in [0.2, 0.25) is 0 Å². The molecule has 0 spiro atoms. The van der Waals surface area contributed by atoms with Gasteiger partial charge in [-0.25, -0.2) is 0 Å². The molecule has 2 rings (SSSR count). The predicted octanol–water partition coefficient (Wildman–Crippen LogP) is 3.42. The fourth-order valence-corrected chi connectivity index (χ4v) is 1.54. The van der Waals surface area contributed by atoms with Crippen LogP contribution in [0.5, 0.6) is 11.5 Å². The first-order valence-corrected chi connectivity index (χ1v) is 4.13. The molecule has 0 heterocycles. The minimum atomic E-state index is 0. The maximum absolute atomic E-state index is 5.23. The third-order valence-corrected chi connectivity index (χ3v) is 2.17. The Morgan fingerprint density at radius 3 is 2.06 bits per heavy atom. The fraction of sp³-hybridized carbons (Fsp3) is 0.182. The Morgan fingerprint density at radius 1 is 0.938 bits per heavy atom. The minimum absolute atomic E-state index is 0. The van der Waals surface area contributed by atoms with Crippen LogP contribution in [0.4, 0.5) is 0 Å². The van der Waals surface area contributed by atoms with E-state index in [-0.39, 0.29) is 50.7 Å². The first-order chi connectivity index (χ1) is 6.36. The second-order valence-electron chi connectivity index (χ2n) is 2.82. The molecule has 5 heteroatoms. The summed E-state index contributed by atoms with van der Waals surface area (Å²) in [6, 6.07) is 9.88. The van der Waals surface area contributed by atoms with Gasteiger partial charge in [-0.15, -0.1) is 36.3 Å². The summed E-state index contributed by atoms with van der Waals surface area (Å²) >= 11 is 0. The Balaban J connectivity index is 0. The van der Waals surface area contributed by atoms with Crippen LogP contribution in [0.2, 0.25) is 0 Å². The molecule has 0 amide bonds. The van der Waals surface area contributed by atoms with Crippen molar-refractivity contribution in [2.75, 3.05) is 14.2 Å². The van der Waals surface area contributed by atoms with E-state index in [0.29, 0.717) is 0 Å². The number of hydrogen-bond donors (Lipinski definition) is 0. The minimum Gasteiger partial charge on any atom is -0.539 e. The molecule has 16 heavy (non-hydrogen) atoms. The molecule has 0 aliphatic carbocycles. The van der Waals surface area contributed by atoms with Gasteiger partial charge < -0.3 is 9.47 Å². The van der Waals surface area contributed by atoms with Crippen LogP contribution in [0.15, 0.2) is 30.3 Å². The molecule has 0 unspecified atom stereocenters. The van der Waals surface area contributed by atoms with E-state index in [1.165, 1.54) is 0 Å². The van der Waals surface area contributed by atoms with Crippen molar-refractivity contribution in [3.05, 3.63) is 30.3 Å². The molecule has 0 N–H and O–H groups in total. The van der Waals surface area contributed by atoms with E-state index in [4.69, 9.17) is 9.47 Å². The van der Waals surface area contributed by atoms with Crippen LogP contribution in [-0.2, 0) is 25.8 Å². The van der Waals surface area contributed by atoms with Crippen LogP contribution in [0, 0.1) is 0 Å². The average Bonchev–Trinajstić information content (AvgIpc) is 2.64. The van der Waals surface area contributed by atoms with E-state index in [1.54, 1.807) is 14.2 Å². The van der Waals surface area contributed by atoms with Gasteiger partial charge in [0.15, 0.2) is 0 Å². The van der Waals surface area contributed by atoms with E-state index in [0.717, 1.165) is 22.3 Å². The van der Waals surface area contributed by atoms with Crippen molar-refractivity contribution in [2.24, 2.45) is 0 Å². The number of ether oxygens (including phenoxy) is 2. The molecule has 2 aromatic rings. The number of halogens is 2. The van der Waals surface area contributed by atoms with Gasteiger partial charge in [0.25, 0.3) is 0 Å². The fourth-order valence-electron chi connectivity index (χ4n) is 1.54. The first kappa shape index (κ1) is 18.3. The zero-order valence-electron chi connectivity index (χ0n) is 9.02. The maximum atomic E-state index is 5.23. The van der Waals surface area contributed by atoms with Crippen LogP contribution in [0.1, 0.15) is 0 Å². The molecule has 0 saturated carbocycles. The van der Waals surface area contributed by atoms with E-state index in [1.807, 2.05) is 30.3 Å². The summed E-state index contributed by atoms with van der Waals surface area (Å²) in [7, 11) is 3.35. The predicted molar refractivity (Wildman–Crippen MR) is 67.1 cm³/mol. The quantitative estimate of drug-likeness (QED) is 0.541. The number of methoxy groups -OCH3 is 2. The van der Waals surface area contributed by atoms with Crippen molar-refractivity contribution in [1.82, 2.24) is 0 Å². The first-order valence-electron chi connectivity index (χ1n) is 4.13.